The molecule has 17 heteroatoms. The fourth-order valence-electron chi connectivity index (χ4n) is 7.89. The van der Waals surface area contributed by atoms with E-state index in [4.69, 9.17) is 5.73 Å². The number of hydrogen-bond donors (Lipinski definition) is 3. The van der Waals surface area contributed by atoms with Crippen LogP contribution < -0.4 is 16.4 Å². The molecule has 0 bridgehead atoms. The SMILES string of the molecule is CS(=O)(=O)N1CCN(C2CCN(CC(=O)N[C@H](CC(=O)c3cc(Br)c(N)c(Br)c3)C(=O)N3CCC(N4CCc5ccccc5NC4=O)CC3)CC2)CC1. The first-order chi connectivity index (χ1) is 25.3. The molecule has 3 fully saturated rings. The van der Waals surface area contributed by atoms with E-state index in [1.807, 2.05) is 29.2 Å². The monoisotopic (exact) mass is 878 g/mol. The summed E-state index contributed by atoms with van der Waals surface area (Å²) in [5, 5.41) is 5.94. The highest BCUT2D eigenvalue weighted by Gasteiger charge is 2.36. The second-order valence-corrected chi connectivity index (χ2v) is 18.1. The van der Waals surface area contributed by atoms with Gasteiger partial charge in [-0.2, -0.15) is 4.31 Å². The van der Waals surface area contributed by atoms with Crippen molar-refractivity contribution in [1.82, 2.24) is 29.2 Å². The maximum Gasteiger partial charge on any atom is 0.322 e. The molecule has 14 nitrogen and oxygen atoms in total. The number of anilines is 2. The van der Waals surface area contributed by atoms with Crippen LogP contribution in [-0.2, 0) is 26.0 Å². The van der Waals surface area contributed by atoms with Crippen molar-refractivity contribution in [2.75, 3.05) is 82.8 Å². The number of hydrogen-bond acceptors (Lipinski definition) is 9. The molecule has 1 atom stereocenters. The average molecular weight is 881 g/mol. The zero-order chi connectivity index (χ0) is 37.9. The maximum atomic E-state index is 14.1. The van der Waals surface area contributed by atoms with Crippen molar-refractivity contribution in [3.05, 3.63) is 56.5 Å². The van der Waals surface area contributed by atoms with E-state index in [0.29, 0.717) is 98.0 Å². The van der Waals surface area contributed by atoms with Crippen molar-refractivity contribution in [3.63, 3.8) is 0 Å². The van der Waals surface area contributed by atoms with Crippen molar-refractivity contribution in [1.29, 1.82) is 0 Å². The van der Waals surface area contributed by atoms with Gasteiger partial charge in [0, 0.05) is 97.6 Å². The Morgan fingerprint density at radius 3 is 2.17 bits per heavy atom. The van der Waals surface area contributed by atoms with E-state index >= 15 is 0 Å². The van der Waals surface area contributed by atoms with Crippen LogP contribution in [0.5, 0.6) is 0 Å². The Kier molecular flexibility index (Phi) is 12.8. The number of carbonyl (C=O) groups is 4. The Morgan fingerprint density at radius 1 is 0.906 bits per heavy atom. The van der Waals surface area contributed by atoms with Crippen LogP contribution >= 0.6 is 31.9 Å². The second-order valence-electron chi connectivity index (χ2n) is 14.4. The largest absolute Gasteiger partial charge is 0.397 e. The molecule has 4 N–H and O–H groups in total. The van der Waals surface area contributed by atoms with Crippen molar-refractivity contribution in [2.24, 2.45) is 0 Å². The van der Waals surface area contributed by atoms with E-state index < -0.39 is 16.1 Å². The van der Waals surface area contributed by atoms with Gasteiger partial charge in [-0.25, -0.2) is 13.2 Å². The van der Waals surface area contributed by atoms with Gasteiger partial charge in [0.25, 0.3) is 0 Å². The fraction of sp³-hybridized carbons (Fsp3) is 0.556. The van der Waals surface area contributed by atoms with E-state index in [1.165, 1.54) is 10.6 Å². The molecule has 6 rings (SSSR count). The third-order valence-electron chi connectivity index (χ3n) is 11.0. The summed E-state index contributed by atoms with van der Waals surface area (Å²) in [5.41, 5.74) is 8.77. The van der Waals surface area contributed by atoms with Crippen molar-refractivity contribution in [3.8, 4) is 0 Å². The van der Waals surface area contributed by atoms with Crippen LogP contribution in [0.1, 0.15) is 48.0 Å². The van der Waals surface area contributed by atoms with Gasteiger partial charge in [-0.3, -0.25) is 24.2 Å². The number of benzene rings is 2. The van der Waals surface area contributed by atoms with Crippen LogP contribution in [0.2, 0.25) is 0 Å². The molecule has 0 saturated carbocycles. The normalized spacial score (nSPS) is 20.7. The molecule has 0 spiro atoms. The van der Waals surface area contributed by atoms with E-state index in [9.17, 15) is 27.6 Å². The molecule has 4 heterocycles. The number of rotatable bonds is 10. The molecular formula is C36H48Br2N8O6S. The quantitative estimate of drug-likeness (QED) is 0.240. The van der Waals surface area contributed by atoms with Crippen LogP contribution in [0.15, 0.2) is 45.3 Å². The molecule has 4 aliphatic rings. The predicted octanol–water partition coefficient (Wildman–Crippen LogP) is 2.97. The van der Waals surface area contributed by atoms with Gasteiger partial charge in [-0.05, 0) is 87.7 Å². The van der Waals surface area contributed by atoms with Gasteiger partial charge in [0.1, 0.15) is 6.04 Å². The summed E-state index contributed by atoms with van der Waals surface area (Å²) >= 11 is 6.79. The summed E-state index contributed by atoms with van der Waals surface area (Å²) < 4.78 is 26.4. The van der Waals surface area contributed by atoms with Crippen molar-refractivity contribution < 1.29 is 27.6 Å². The van der Waals surface area contributed by atoms with Crippen LogP contribution in [0.25, 0.3) is 0 Å². The minimum absolute atomic E-state index is 0.0426. The molecule has 2 aromatic carbocycles. The van der Waals surface area contributed by atoms with Gasteiger partial charge >= 0.3 is 6.03 Å². The number of sulfonamides is 1. The number of piperazine rings is 1. The number of carbonyl (C=O) groups excluding carboxylic acids is 4. The molecule has 0 radical (unpaired) electrons. The summed E-state index contributed by atoms with van der Waals surface area (Å²) in [7, 11) is -3.19. The molecule has 3 saturated heterocycles. The summed E-state index contributed by atoms with van der Waals surface area (Å²) in [6.45, 7) is 5.20. The van der Waals surface area contributed by atoms with Crippen LogP contribution in [0.3, 0.4) is 0 Å². The first-order valence-corrected chi connectivity index (χ1v) is 21.6. The molecule has 0 aromatic heterocycles. The molecule has 288 valence electrons. The minimum Gasteiger partial charge on any atom is -0.397 e. The molecule has 2 aromatic rings. The lowest BCUT2D eigenvalue weighted by atomic mass is 9.99. The topological polar surface area (TPSA) is 169 Å². The number of piperidine rings is 2. The summed E-state index contributed by atoms with van der Waals surface area (Å²) in [6, 6.07) is 10.1. The highest BCUT2D eigenvalue weighted by molar-refractivity contribution is 9.11. The Balaban J connectivity index is 1.06. The average Bonchev–Trinajstić information content (AvgIpc) is 3.31. The van der Waals surface area contributed by atoms with E-state index in [0.717, 1.165) is 30.5 Å². The molecule has 53 heavy (non-hydrogen) atoms. The van der Waals surface area contributed by atoms with Gasteiger partial charge in [-0.15, -0.1) is 0 Å². The first kappa shape index (κ1) is 39.6. The number of halogens is 2. The van der Waals surface area contributed by atoms with Gasteiger partial charge in [0.15, 0.2) is 5.78 Å². The number of Topliss-reactive ketones (excluding diaryl/α,β-unsaturated/α-hetero) is 1. The lowest BCUT2D eigenvalue weighted by molar-refractivity contribution is -0.138. The number of para-hydroxylation sites is 1. The second kappa shape index (κ2) is 17.1. The number of amides is 4. The minimum atomic E-state index is -3.19. The molecule has 4 amide bonds. The lowest BCUT2D eigenvalue weighted by Gasteiger charge is -2.42. The van der Waals surface area contributed by atoms with E-state index in [1.54, 1.807) is 17.0 Å². The predicted molar refractivity (Wildman–Crippen MR) is 210 cm³/mol. The maximum absolute atomic E-state index is 14.1. The number of fused-ring (bicyclic) bond motifs is 1. The van der Waals surface area contributed by atoms with Crippen LogP contribution in [-0.4, -0.2) is 146 Å². The van der Waals surface area contributed by atoms with Crippen molar-refractivity contribution in [2.45, 2.75) is 56.7 Å². The van der Waals surface area contributed by atoms with E-state index in [-0.39, 0.29) is 42.6 Å². The highest BCUT2D eigenvalue weighted by Crippen LogP contribution is 2.31. The third kappa shape index (κ3) is 9.78. The zero-order valence-electron chi connectivity index (χ0n) is 29.9. The van der Waals surface area contributed by atoms with Gasteiger partial charge in [0.2, 0.25) is 21.8 Å². The number of nitrogens with two attached hydrogens (primary N) is 1. The molecule has 4 aliphatic heterocycles. The third-order valence-corrected chi connectivity index (χ3v) is 13.6. The fourth-order valence-corrected chi connectivity index (χ4v) is 9.90. The van der Waals surface area contributed by atoms with Gasteiger partial charge in [-0.1, -0.05) is 18.2 Å². The summed E-state index contributed by atoms with van der Waals surface area (Å²) in [5.74, 6) is -0.956. The molecular weight excluding hydrogens is 832 g/mol. The van der Waals surface area contributed by atoms with E-state index in [2.05, 4.69) is 52.3 Å². The first-order valence-electron chi connectivity index (χ1n) is 18.2. The summed E-state index contributed by atoms with van der Waals surface area (Å²) in [6.07, 6.45) is 4.63. The number of likely N-dealkylation sites (tertiary alicyclic amines) is 2. The number of nitrogens with one attached hydrogen (secondary N) is 2. The number of urea groups is 1. The van der Waals surface area contributed by atoms with Gasteiger partial charge in [0.05, 0.1) is 18.5 Å². The van der Waals surface area contributed by atoms with Crippen molar-refractivity contribution >= 4 is 76.9 Å². The Labute approximate surface area is 328 Å². The van der Waals surface area contributed by atoms with Crippen LogP contribution in [0, 0.1) is 0 Å². The van der Waals surface area contributed by atoms with Crippen LogP contribution in [0.4, 0.5) is 16.2 Å². The van der Waals surface area contributed by atoms with Gasteiger partial charge < -0.3 is 26.2 Å². The lowest BCUT2D eigenvalue weighted by Crippen LogP contribution is -2.56. The smallest absolute Gasteiger partial charge is 0.322 e. The number of nitrogen functional groups attached to an aromatic ring is 1. The number of ketones is 1. The highest BCUT2D eigenvalue weighted by atomic mass is 79.9. The zero-order valence-corrected chi connectivity index (χ0v) is 33.9. The number of nitrogens with zero attached hydrogens (tertiary/aromatic N) is 5. The Hall–Kier alpha value is -3.09. The standard InChI is InChI=1S/C36H48Br2N8O6S/c1-53(51,52)45-18-16-43(17-19-45)26-7-11-42(12-8-26)23-33(48)40-31(22-32(47)25-20-28(37)34(39)29(38)21-25)35(49)44-13-9-27(10-14-44)46-15-6-24-4-2-3-5-30(24)41-36(46)50/h2-5,20-21,26-27,31H,6-19,22-23,39H2,1H3,(H,40,48)(H,41,50)/t31-/m1/s1. The Bertz CT molecular complexity index is 1790. The molecule has 0 unspecified atom stereocenters. The summed E-state index contributed by atoms with van der Waals surface area (Å²) in [4.78, 5) is 62.4. The molecule has 0 aliphatic carbocycles. The Morgan fingerprint density at radius 2 is 1.53 bits per heavy atom.